The lowest BCUT2D eigenvalue weighted by atomic mass is 9.93. The lowest BCUT2D eigenvalue weighted by Crippen LogP contribution is -2.50. The van der Waals surface area contributed by atoms with Crippen molar-refractivity contribution in [2.45, 2.75) is 25.8 Å². The van der Waals surface area contributed by atoms with Gasteiger partial charge < -0.3 is 10.1 Å². The Balaban J connectivity index is 1.82. The first-order valence-corrected chi connectivity index (χ1v) is 5.90. The maximum absolute atomic E-state index is 5.55. The van der Waals surface area contributed by atoms with Crippen molar-refractivity contribution in [2.24, 2.45) is 5.92 Å². The summed E-state index contributed by atoms with van der Waals surface area (Å²) in [5.41, 5.74) is 0. The molecule has 82 valence electrons. The molecule has 0 aromatic heterocycles. The van der Waals surface area contributed by atoms with Crippen LogP contribution in [0, 0.1) is 5.92 Å². The van der Waals surface area contributed by atoms with Crippen molar-refractivity contribution >= 4 is 0 Å². The smallest absolute Gasteiger partial charge is 0.0509 e. The normalized spacial score (nSPS) is 32.8. The van der Waals surface area contributed by atoms with Crippen molar-refractivity contribution < 1.29 is 4.74 Å². The van der Waals surface area contributed by atoms with Crippen LogP contribution in [0.2, 0.25) is 0 Å². The fourth-order valence-corrected chi connectivity index (χ4v) is 2.53. The van der Waals surface area contributed by atoms with Gasteiger partial charge >= 0.3 is 0 Å². The van der Waals surface area contributed by atoms with E-state index in [1.54, 1.807) is 0 Å². The molecule has 0 aromatic rings. The van der Waals surface area contributed by atoms with Gasteiger partial charge in [0.1, 0.15) is 0 Å². The van der Waals surface area contributed by atoms with Crippen molar-refractivity contribution in [3.8, 4) is 0 Å². The highest BCUT2D eigenvalue weighted by Gasteiger charge is 2.26. The van der Waals surface area contributed by atoms with Crippen molar-refractivity contribution in [1.29, 1.82) is 0 Å². The highest BCUT2D eigenvalue weighted by atomic mass is 16.5. The van der Waals surface area contributed by atoms with Crippen LogP contribution >= 0.6 is 0 Å². The second-order valence-electron chi connectivity index (χ2n) is 4.50. The van der Waals surface area contributed by atoms with Crippen LogP contribution in [0.5, 0.6) is 0 Å². The van der Waals surface area contributed by atoms with E-state index in [2.05, 4.69) is 17.1 Å². The third-order valence-electron chi connectivity index (χ3n) is 3.61. The van der Waals surface area contributed by atoms with Crippen LogP contribution in [-0.4, -0.2) is 50.3 Å². The van der Waals surface area contributed by atoms with Gasteiger partial charge in [-0.2, -0.15) is 0 Å². The highest BCUT2D eigenvalue weighted by Crippen LogP contribution is 2.21. The van der Waals surface area contributed by atoms with E-state index in [4.69, 9.17) is 4.74 Å². The second-order valence-corrected chi connectivity index (χ2v) is 4.50. The Morgan fingerprint density at radius 2 is 2.14 bits per heavy atom. The summed E-state index contributed by atoms with van der Waals surface area (Å²) < 4.78 is 5.55. The summed E-state index contributed by atoms with van der Waals surface area (Å²) in [4.78, 5) is 2.61. The summed E-state index contributed by atoms with van der Waals surface area (Å²) in [6.07, 6.45) is 2.60. The minimum Gasteiger partial charge on any atom is -0.381 e. The van der Waals surface area contributed by atoms with Gasteiger partial charge in [0.25, 0.3) is 0 Å². The van der Waals surface area contributed by atoms with E-state index in [9.17, 15) is 0 Å². The molecule has 2 fully saturated rings. The maximum Gasteiger partial charge on any atom is 0.0509 e. The van der Waals surface area contributed by atoms with E-state index in [1.807, 2.05) is 0 Å². The fraction of sp³-hybridized carbons (Fsp3) is 1.00. The number of hydrogen-bond donors (Lipinski definition) is 1. The molecule has 14 heavy (non-hydrogen) atoms. The molecular weight excluding hydrogens is 176 g/mol. The predicted octanol–water partition coefficient (Wildman–Crippen LogP) is 0.707. The zero-order valence-electron chi connectivity index (χ0n) is 9.17. The number of nitrogens with zero attached hydrogens (tertiary/aromatic N) is 1. The van der Waals surface area contributed by atoms with Gasteiger partial charge in [-0.05, 0) is 25.7 Å². The molecule has 3 heteroatoms. The average molecular weight is 198 g/mol. The molecule has 3 nitrogen and oxygen atoms in total. The minimum atomic E-state index is 0.706. The molecule has 2 heterocycles. The maximum atomic E-state index is 5.55. The predicted molar refractivity (Wildman–Crippen MR) is 57.4 cm³/mol. The Labute approximate surface area is 86.8 Å². The topological polar surface area (TPSA) is 24.5 Å². The average Bonchev–Trinajstić information content (AvgIpc) is 2.30. The monoisotopic (exact) mass is 198 g/mol. The van der Waals surface area contributed by atoms with Crippen LogP contribution in [-0.2, 0) is 4.74 Å². The Kier molecular flexibility index (Phi) is 3.79. The summed E-state index contributed by atoms with van der Waals surface area (Å²) in [5.74, 6) is 0.766. The molecular formula is C11H22N2O. The van der Waals surface area contributed by atoms with E-state index in [0.717, 1.165) is 32.2 Å². The quantitative estimate of drug-likeness (QED) is 0.707. The minimum absolute atomic E-state index is 0.706. The third kappa shape index (κ3) is 2.47. The molecule has 1 N–H and O–H groups in total. The van der Waals surface area contributed by atoms with Gasteiger partial charge in [-0.25, -0.2) is 0 Å². The standard InChI is InChI=1S/C11H22N2O/c1-10(11-3-2-8-14-9-11)13-6-4-12-5-7-13/h10-12H,2-9H2,1H3. The highest BCUT2D eigenvalue weighted by molar-refractivity contribution is 4.80. The molecule has 2 saturated heterocycles. The van der Waals surface area contributed by atoms with Gasteiger partial charge in [0.2, 0.25) is 0 Å². The molecule has 0 amide bonds. The Morgan fingerprint density at radius 1 is 1.36 bits per heavy atom. The molecule has 0 saturated carbocycles. The Bertz CT molecular complexity index is 145. The van der Waals surface area contributed by atoms with Gasteiger partial charge in [-0.1, -0.05) is 0 Å². The van der Waals surface area contributed by atoms with E-state index in [1.165, 1.54) is 25.9 Å². The zero-order chi connectivity index (χ0) is 9.80. The van der Waals surface area contributed by atoms with E-state index < -0.39 is 0 Å². The molecule has 2 unspecified atom stereocenters. The number of hydrogen-bond acceptors (Lipinski definition) is 3. The van der Waals surface area contributed by atoms with Crippen LogP contribution < -0.4 is 5.32 Å². The van der Waals surface area contributed by atoms with Crippen LogP contribution in [0.1, 0.15) is 19.8 Å². The number of piperazine rings is 1. The molecule has 0 bridgehead atoms. The molecule has 0 aromatic carbocycles. The van der Waals surface area contributed by atoms with Crippen molar-refractivity contribution in [3.63, 3.8) is 0 Å². The SMILES string of the molecule is CC(C1CCCOC1)N1CCNCC1. The zero-order valence-corrected chi connectivity index (χ0v) is 9.17. The Morgan fingerprint density at radius 3 is 2.79 bits per heavy atom. The summed E-state index contributed by atoms with van der Waals surface area (Å²) in [5, 5.41) is 3.40. The van der Waals surface area contributed by atoms with Crippen molar-refractivity contribution in [2.75, 3.05) is 39.4 Å². The van der Waals surface area contributed by atoms with Gasteiger partial charge in [0.15, 0.2) is 0 Å². The van der Waals surface area contributed by atoms with Crippen LogP contribution in [0.15, 0.2) is 0 Å². The third-order valence-corrected chi connectivity index (χ3v) is 3.61. The fourth-order valence-electron chi connectivity index (χ4n) is 2.53. The second kappa shape index (κ2) is 5.10. The van der Waals surface area contributed by atoms with Crippen LogP contribution in [0.3, 0.4) is 0 Å². The van der Waals surface area contributed by atoms with E-state index in [0.29, 0.717) is 6.04 Å². The van der Waals surface area contributed by atoms with Crippen LogP contribution in [0.25, 0.3) is 0 Å². The molecule has 2 aliphatic rings. The number of ether oxygens (including phenoxy) is 1. The molecule has 0 spiro atoms. The Hall–Kier alpha value is -0.120. The lowest BCUT2D eigenvalue weighted by molar-refractivity contribution is 0.0111. The summed E-state index contributed by atoms with van der Waals surface area (Å²) in [6.45, 7) is 9.03. The number of rotatable bonds is 2. The van der Waals surface area contributed by atoms with Crippen molar-refractivity contribution in [1.82, 2.24) is 10.2 Å². The largest absolute Gasteiger partial charge is 0.381 e. The molecule has 0 radical (unpaired) electrons. The summed E-state index contributed by atoms with van der Waals surface area (Å²) >= 11 is 0. The molecule has 2 atom stereocenters. The van der Waals surface area contributed by atoms with Crippen molar-refractivity contribution in [3.05, 3.63) is 0 Å². The van der Waals surface area contributed by atoms with Gasteiger partial charge in [-0.3, -0.25) is 4.90 Å². The van der Waals surface area contributed by atoms with Gasteiger partial charge in [0.05, 0.1) is 6.61 Å². The van der Waals surface area contributed by atoms with Gasteiger partial charge in [-0.15, -0.1) is 0 Å². The van der Waals surface area contributed by atoms with E-state index >= 15 is 0 Å². The summed E-state index contributed by atoms with van der Waals surface area (Å²) in [7, 11) is 0. The molecule has 2 aliphatic heterocycles. The van der Waals surface area contributed by atoms with E-state index in [-0.39, 0.29) is 0 Å². The first kappa shape index (κ1) is 10.4. The molecule has 0 aliphatic carbocycles. The first-order valence-electron chi connectivity index (χ1n) is 5.90. The lowest BCUT2D eigenvalue weighted by Gasteiger charge is -2.38. The molecule has 2 rings (SSSR count). The number of nitrogens with one attached hydrogen (secondary N) is 1. The van der Waals surface area contributed by atoms with Crippen LogP contribution in [0.4, 0.5) is 0 Å². The first-order chi connectivity index (χ1) is 6.88. The van der Waals surface area contributed by atoms with Gasteiger partial charge in [0, 0.05) is 38.8 Å². The summed E-state index contributed by atoms with van der Waals surface area (Å²) in [6, 6.07) is 0.706.